The van der Waals surface area contributed by atoms with Crippen LogP contribution in [0.25, 0.3) is 5.82 Å². The Balaban J connectivity index is 1.39. The highest BCUT2D eigenvalue weighted by atomic mass is 16.1. The fraction of sp³-hybridized carbons (Fsp3) is 0.263. The van der Waals surface area contributed by atoms with Gasteiger partial charge in [0, 0.05) is 25.1 Å². The molecule has 1 saturated heterocycles. The van der Waals surface area contributed by atoms with Crippen LogP contribution in [-0.4, -0.2) is 43.7 Å². The maximum atomic E-state index is 12.6. The minimum atomic E-state index is -0.0976. The third-order valence-electron chi connectivity index (χ3n) is 4.79. The molecule has 28 heavy (non-hydrogen) atoms. The first-order valence-corrected chi connectivity index (χ1v) is 8.96. The van der Waals surface area contributed by atoms with Gasteiger partial charge < -0.3 is 10.2 Å². The van der Waals surface area contributed by atoms with E-state index in [-0.39, 0.29) is 11.8 Å². The lowest BCUT2D eigenvalue weighted by Gasteiger charge is -2.32. The van der Waals surface area contributed by atoms with Crippen LogP contribution < -0.4 is 10.2 Å². The number of piperidine rings is 1. The Labute approximate surface area is 161 Å². The average Bonchev–Trinajstić information content (AvgIpc) is 3.29. The van der Waals surface area contributed by atoms with Crippen LogP contribution in [0.3, 0.4) is 0 Å². The van der Waals surface area contributed by atoms with Crippen molar-refractivity contribution in [1.29, 1.82) is 5.26 Å². The number of nitriles is 1. The van der Waals surface area contributed by atoms with Crippen molar-refractivity contribution in [3.8, 4) is 11.9 Å². The molecule has 0 aliphatic carbocycles. The van der Waals surface area contributed by atoms with Crippen LogP contribution in [0.15, 0.2) is 49.3 Å². The third-order valence-corrected chi connectivity index (χ3v) is 4.79. The summed E-state index contributed by atoms with van der Waals surface area (Å²) in [6, 6.07) is 11.0. The third kappa shape index (κ3) is 3.66. The molecule has 1 aromatic carbocycles. The van der Waals surface area contributed by atoms with Gasteiger partial charge in [-0.25, -0.2) is 19.6 Å². The number of carbonyl (C=O) groups is 1. The zero-order valence-corrected chi connectivity index (χ0v) is 15.1. The monoisotopic (exact) mass is 374 g/mol. The van der Waals surface area contributed by atoms with Crippen LogP contribution in [0.5, 0.6) is 0 Å². The molecule has 0 radical (unpaired) electrons. The number of carbonyl (C=O) groups excluding carboxylic acids is 1. The summed E-state index contributed by atoms with van der Waals surface area (Å²) in [5.41, 5.74) is 1.03. The van der Waals surface area contributed by atoms with Crippen molar-refractivity contribution in [2.75, 3.05) is 23.3 Å². The van der Waals surface area contributed by atoms with Gasteiger partial charge in [0.05, 0.1) is 11.3 Å². The van der Waals surface area contributed by atoms with Gasteiger partial charge in [0.25, 0.3) is 0 Å². The van der Waals surface area contributed by atoms with Crippen LogP contribution >= 0.6 is 0 Å². The fourth-order valence-corrected chi connectivity index (χ4v) is 3.26. The normalized spacial score (nSPS) is 14.5. The van der Waals surface area contributed by atoms with E-state index in [1.165, 1.54) is 12.7 Å². The summed E-state index contributed by atoms with van der Waals surface area (Å²) >= 11 is 0. The molecule has 0 saturated carbocycles. The topological polar surface area (TPSA) is 113 Å². The van der Waals surface area contributed by atoms with Gasteiger partial charge in [0.1, 0.15) is 30.9 Å². The molecule has 3 aromatic rings. The second-order valence-electron chi connectivity index (χ2n) is 6.48. The molecule has 2 aromatic heterocycles. The molecule has 3 heterocycles. The van der Waals surface area contributed by atoms with E-state index in [2.05, 4.69) is 36.3 Å². The number of para-hydroxylation sites is 1. The second kappa shape index (κ2) is 7.84. The van der Waals surface area contributed by atoms with E-state index in [9.17, 15) is 4.79 Å². The lowest BCUT2D eigenvalue weighted by Crippen LogP contribution is -2.38. The first-order chi connectivity index (χ1) is 13.7. The van der Waals surface area contributed by atoms with Crippen LogP contribution in [-0.2, 0) is 4.79 Å². The van der Waals surface area contributed by atoms with Crippen LogP contribution in [0.2, 0.25) is 0 Å². The van der Waals surface area contributed by atoms with Gasteiger partial charge in [-0.2, -0.15) is 10.4 Å². The number of nitrogens with one attached hydrogen (secondary N) is 1. The van der Waals surface area contributed by atoms with Gasteiger partial charge in [-0.05, 0) is 25.0 Å². The van der Waals surface area contributed by atoms with Crippen molar-refractivity contribution in [3.63, 3.8) is 0 Å². The second-order valence-corrected chi connectivity index (χ2v) is 6.48. The Kier molecular flexibility index (Phi) is 4.93. The molecule has 140 valence electrons. The Morgan fingerprint density at radius 3 is 2.68 bits per heavy atom. The first kappa shape index (κ1) is 17.6. The molecule has 1 aliphatic rings. The van der Waals surface area contributed by atoms with E-state index < -0.39 is 0 Å². The van der Waals surface area contributed by atoms with Crippen molar-refractivity contribution in [1.82, 2.24) is 24.7 Å². The minimum absolute atomic E-state index is 0.0478. The highest BCUT2D eigenvalue weighted by Crippen LogP contribution is 2.24. The summed E-state index contributed by atoms with van der Waals surface area (Å²) < 4.78 is 1.58. The van der Waals surface area contributed by atoms with Gasteiger partial charge in [-0.15, -0.1) is 0 Å². The molecule has 0 spiro atoms. The molecule has 1 N–H and O–H groups in total. The maximum Gasteiger partial charge on any atom is 0.227 e. The fourth-order valence-electron chi connectivity index (χ4n) is 3.26. The summed E-state index contributed by atoms with van der Waals surface area (Å²) in [7, 11) is 0. The number of rotatable bonds is 4. The molecular weight excluding hydrogens is 356 g/mol. The molecule has 4 rings (SSSR count). The zero-order valence-electron chi connectivity index (χ0n) is 15.1. The van der Waals surface area contributed by atoms with Gasteiger partial charge in [0.15, 0.2) is 5.82 Å². The first-order valence-electron chi connectivity index (χ1n) is 8.96. The van der Waals surface area contributed by atoms with Crippen molar-refractivity contribution in [2.24, 2.45) is 5.92 Å². The number of nitrogens with zero attached hydrogens (tertiary/aromatic N) is 7. The van der Waals surface area contributed by atoms with E-state index >= 15 is 0 Å². The maximum absolute atomic E-state index is 12.6. The van der Waals surface area contributed by atoms with Crippen molar-refractivity contribution < 1.29 is 4.79 Å². The Morgan fingerprint density at radius 2 is 1.93 bits per heavy atom. The number of amides is 1. The highest BCUT2D eigenvalue weighted by molar-refractivity contribution is 5.93. The van der Waals surface area contributed by atoms with Crippen molar-refractivity contribution in [2.45, 2.75) is 12.8 Å². The van der Waals surface area contributed by atoms with E-state index in [4.69, 9.17) is 5.26 Å². The Hall–Kier alpha value is -3.80. The van der Waals surface area contributed by atoms with E-state index in [0.29, 0.717) is 43.0 Å². The summed E-state index contributed by atoms with van der Waals surface area (Å²) in [6.07, 6.45) is 5.97. The highest BCUT2D eigenvalue weighted by Gasteiger charge is 2.26. The molecule has 9 nitrogen and oxygen atoms in total. The van der Waals surface area contributed by atoms with Gasteiger partial charge >= 0.3 is 0 Å². The predicted octanol–water partition coefficient (Wildman–Crippen LogP) is 1.78. The number of benzene rings is 1. The van der Waals surface area contributed by atoms with Crippen molar-refractivity contribution >= 4 is 17.4 Å². The Morgan fingerprint density at radius 1 is 1.14 bits per heavy atom. The van der Waals surface area contributed by atoms with Crippen LogP contribution in [0.1, 0.15) is 18.4 Å². The minimum Gasteiger partial charge on any atom is -0.356 e. The zero-order chi connectivity index (χ0) is 19.3. The Bertz CT molecular complexity index is 1000. The molecule has 0 unspecified atom stereocenters. The van der Waals surface area contributed by atoms with Crippen LogP contribution in [0.4, 0.5) is 11.5 Å². The average molecular weight is 374 g/mol. The number of aromatic nitrogens is 5. The standard InChI is InChI=1S/C19H18N8O/c20-10-15-3-1-2-4-16(15)25-19(28)14-5-7-26(8-6-14)17-9-18(23-12-22-17)27-13-21-11-24-27/h1-4,9,11-14H,5-8H2,(H,25,28). The lowest BCUT2D eigenvalue weighted by molar-refractivity contribution is -0.120. The molecule has 9 heteroatoms. The smallest absolute Gasteiger partial charge is 0.227 e. The summed E-state index contributed by atoms with van der Waals surface area (Å²) in [4.78, 5) is 27.2. The van der Waals surface area contributed by atoms with Gasteiger partial charge in [0.2, 0.25) is 5.91 Å². The summed E-state index contributed by atoms with van der Waals surface area (Å²) in [5, 5.41) is 16.1. The van der Waals surface area contributed by atoms with Crippen LogP contribution in [0, 0.1) is 17.2 Å². The molecule has 1 amide bonds. The summed E-state index contributed by atoms with van der Waals surface area (Å²) in [6.45, 7) is 1.43. The SMILES string of the molecule is N#Cc1ccccc1NC(=O)C1CCN(c2cc(-n3cncn3)ncn2)CC1. The molecule has 1 aliphatic heterocycles. The number of hydrogen-bond donors (Lipinski definition) is 1. The van der Waals surface area contributed by atoms with E-state index in [1.54, 1.807) is 35.3 Å². The number of hydrogen-bond acceptors (Lipinski definition) is 7. The van der Waals surface area contributed by atoms with E-state index in [0.717, 1.165) is 5.82 Å². The van der Waals surface area contributed by atoms with E-state index in [1.807, 2.05) is 6.07 Å². The molecule has 0 atom stereocenters. The molecule has 1 fully saturated rings. The van der Waals surface area contributed by atoms with Gasteiger partial charge in [-0.3, -0.25) is 4.79 Å². The predicted molar refractivity (Wildman–Crippen MR) is 102 cm³/mol. The largest absolute Gasteiger partial charge is 0.356 e. The lowest BCUT2D eigenvalue weighted by atomic mass is 9.95. The molecular formula is C19H18N8O. The van der Waals surface area contributed by atoms with Gasteiger partial charge in [-0.1, -0.05) is 12.1 Å². The number of anilines is 2. The van der Waals surface area contributed by atoms with Crippen molar-refractivity contribution in [3.05, 3.63) is 54.9 Å². The summed E-state index contributed by atoms with van der Waals surface area (Å²) in [5.74, 6) is 1.30. The molecule has 0 bridgehead atoms. The quantitative estimate of drug-likeness (QED) is 0.740.